The molecule has 3 aromatic rings. The topological polar surface area (TPSA) is 84.5 Å². The average Bonchev–Trinajstić information content (AvgIpc) is 2.77. The minimum Gasteiger partial charge on any atom is -0.374 e. The third kappa shape index (κ3) is 6.67. The zero-order valence-electron chi connectivity index (χ0n) is 17.5. The predicted molar refractivity (Wildman–Crippen MR) is 121 cm³/mol. The van der Waals surface area contributed by atoms with Gasteiger partial charge in [-0.15, -0.1) is 0 Å². The first kappa shape index (κ1) is 22.5. The molecule has 6 nitrogen and oxygen atoms in total. The molecule has 0 bridgehead atoms. The summed E-state index contributed by atoms with van der Waals surface area (Å²) in [6, 6.07) is 22.3. The van der Waals surface area contributed by atoms with Crippen molar-refractivity contribution in [3.63, 3.8) is 0 Å². The summed E-state index contributed by atoms with van der Waals surface area (Å²) in [5.74, 6) is -0.287. The molecule has 7 heteroatoms. The second-order valence-corrected chi connectivity index (χ2v) is 9.04. The number of hydrogen-bond donors (Lipinski definition) is 2. The molecule has 2 N–H and O–H groups in total. The fourth-order valence-corrected chi connectivity index (χ4v) is 3.98. The zero-order chi connectivity index (χ0) is 22.3. The summed E-state index contributed by atoms with van der Waals surface area (Å²) in [4.78, 5) is 12.8. The molecule has 162 valence electrons. The molecule has 1 amide bonds. The van der Waals surface area contributed by atoms with Crippen LogP contribution in [0.5, 0.6) is 0 Å². The lowest BCUT2D eigenvalue weighted by Gasteiger charge is -2.11. The molecule has 0 aromatic heterocycles. The Kier molecular flexibility index (Phi) is 7.44. The predicted octanol–water partition coefficient (Wildman–Crippen LogP) is 4.34. The van der Waals surface area contributed by atoms with E-state index in [1.807, 2.05) is 38.1 Å². The number of ether oxygens (including phenoxy) is 1. The van der Waals surface area contributed by atoms with Crippen molar-refractivity contribution in [1.29, 1.82) is 0 Å². The Balaban J connectivity index is 1.64. The number of anilines is 1. The molecule has 3 aromatic carbocycles. The lowest BCUT2D eigenvalue weighted by Crippen LogP contribution is -2.23. The minimum atomic E-state index is -3.72. The van der Waals surface area contributed by atoms with E-state index in [0.717, 1.165) is 11.1 Å². The highest BCUT2D eigenvalue weighted by Crippen LogP contribution is 2.17. The molecular formula is C24H26N2O4S. The highest BCUT2D eigenvalue weighted by molar-refractivity contribution is 7.92. The van der Waals surface area contributed by atoms with E-state index in [2.05, 4.69) is 10.0 Å². The Bertz CT molecular complexity index is 1130. The van der Waals surface area contributed by atoms with Gasteiger partial charge >= 0.3 is 0 Å². The van der Waals surface area contributed by atoms with Crippen LogP contribution in [0.1, 0.15) is 35.3 Å². The third-order valence-corrected chi connectivity index (χ3v) is 5.86. The van der Waals surface area contributed by atoms with Gasteiger partial charge in [-0.25, -0.2) is 8.42 Å². The van der Waals surface area contributed by atoms with Gasteiger partial charge in [-0.2, -0.15) is 0 Å². The highest BCUT2D eigenvalue weighted by atomic mass is 32.2. The summed E-state index contributed by atoms with van der Waals surface area (Å²) in [6.07, 6.45) is 0.148. The summed E-state index contributed by atoms with van der Waals surface area (Å²) in [6.45, 7) is 4.84. The number of benzene rings is 3. The SMILES string of the molecule is CC(C)OCc1cccc(CNC(=O)c2cccc(NS(=O)(=O)c3ccccc3)c2)c1. The lowest BCUT2D eigenvalue weighted by atomic mass is 10.1. The largest absolute Gasteiger partial charge is 0.374 e. The average molecular weight is 439 g/mol. The Morgan fingerprint density at radius 3 is 2.35 bits per heavy atom. The molecule has 0 spiro atoms. The maximum atomic E-state index is 12.6. The van der Waals surface area contributed by atoms with Gasteiger partial charge in [0.25, 0.3) is 15.9 Å². The van der Waals surface area contributed by atoms with Crippen LogP contribution >= 0.6 is 0 Å². The molecule has 31 heavy (non-hydrogen) atoms. The molecule has 0 atom stereocenters. The van der Waals surface area contributed by atoms with Crippen LogP contribution in [-0.4, -0.2) is 20.4 Å². The van der Waals surface area contributed by atoms with Crippen molar-refractivity contribution in [2.45, 2.75) is 38.0 Å². The van der Waals surface area contributed by atoms with Crippen LogP contribution in [0.3, 0.4) is 0 Å². The molecule has 0 heterocycles. The van der Waals surface area contributed by atoms with Crippen LogP contribution in [0.15, 0.2) is 83.8 Å². The molecule has 3 rings (SSSR count). The Morgan fingerprint density at radius 1 is 0.903 bits per heavy atom. The first-order valence-electron chi connectivity index (χ1n) is 9.99. The second kappa shape index (κ2) is 10.2. The molecular weight excluding hydrogens is 412 g/mol. The fourth-order valence-electron chi connectivity index (χ4n) is 2.91. The van der Waals surface area contributed by atoms with E-state index in [-0.39, 0.29) is 16.9 Å². The van der Waals surface area contributed by atoms with Gasteiger partial charge in [0.2, 0.25) is 0 Å². The fraction of sp³-hybridized carbons (Fsp3) is 0.208. The van der Waals surface area contributed by atoms with Gasteiger partial charge in [0.05, 0.1) is 17.6 Å². The Labute approximate surface area is 183 Å². The number of sulfonamides is 1. The molecule has 0 aliphatic heterocycles. The van der Waals surface area contributed by atoms with Crippen molar-refractivity contribution >= 4 is 21.6 Å². The van der Waals surface area contributed by atoms with Crippen LogP contribution in [0, 0.1) is 0 Å². The van der Waals surface area contributed by atoms with Crippen molar-refractivity contribution in [3.05, 3.63) is 95.6 Å². The number of nitrogens with one attached hydrogen (secondary N) is 2. The number of carbonyl (C=O) groups excluding carboxylic acids is 1. The molecule has 0 radical (unpaired) electrons. The maximum Gasteiger partial charge on any atom is 0.261 e. The van der Waals surface area contributed by atoms with Crippen molar-refractivity contribution in [1.82, 2.24) is 5.32 Å². The quantitative estimate of drug-likeness (QED) is 0.520. The van der Waals surface area contributed by atoms with Gasteiger partial charge in [0.1, 0.15) is 0 Å². The van der Waals surface area contributed by atoms with Crippen molar-refractivity contribution in [2.75, 3.05) is 4.72 Å². The van der Waals surface area contributed by atoms with Crippen molar-refractivity contribution < 1.29 is 17.9 Å². The Hall–Kier alpha value is -3.16. The summed E-state index contributed by atoms with van der Waals surface area (Å²) < 4.78 is 33.1. The number of carbonyl (C=O) groups is 1. The van der Waals surface area contributed by atoms with Gasteiger partial charge in [-0.05, 0) is 55.3 Å². The lowest BCUT2D eigenvalue weighted by molar-refractivity contribution is 0.0657. The van der Waals surface area contributed by atoms with Gasteiger partial charge in [0.15, 0.2) is 0 Å². The number of rotatable bonds is 9. The number of amides is 1. The first-order valence-corrected chi connectivity index (χ1v) is 11.5. The standard InChI is InChI=1S/C24H26N2O4S/c1-18(2)30-17-20-9-6-8-19(14-20)16-25-24(27)21-10-7-11-22(15-21)26-31(28,29)23-12-4-3-5-13-23/h3-15,18,26H,16-17H2,1-2H3,(H,25,27). The first-order chi connectivity index (χ1) is 14.8. The van der Waals surface area contributed by atoms with Crippen LogP contribution in [0.25, 0.3) is 0 Å². The third-order valence-electron chi connectivity index (χ3n) is 4.46. The van der Waals surface area contributed by atoms with Crippen LogP contribution in [0.4, 0.5) is 5.69 Å². The number of hydrogen-bond acceptors (Lipinski definition) is 4. The van der Waals surface area contributed by atoms with Crippen molar-refractivity contribution in [2.24, 2.45) is 0 Å². The van der Waals surface area contributed by atoms with Crippen LogP contribution in [-0.2, 0) is 27.9 Å². The molecule has 0 saturated carbocycles. The smallest absolute Gasteiger partial charge is 0.261 e. The van der Waals surface area contributed by atoms with Gasteiger partial charge in [0, 0.05) is 17.8 Å². The van der Waals surface area contributed by atoms with Gasteiger partial charge < -0.3 is 10.1 Å². The summed E-state index contributed by atoms with van der Waals surface area (Å²) >= 11 is 0. The van der Waals surface area contributed by atoms with Gasteiger partial charge in [-0.1, -0.05) is 48.5 Å². The van der Waals surface area contributed by atoms with Gasteiger partial charge in [-0.3, -0.25) is 9.52 Å². The summed E-state index contributed by atoms with van der Waals surface area (Å²) in [7, 11) is -3.72. The minimum absolute atomic E-state index is 0.148. The van der Waals surface area contributed by atoms with E-state index >= 15 is 0 Å². The monoisotopic (exact) mass is 438 g/mol. The van der Waals surface area contributed by atoms with E-state index in [9.17, 15) is 13.2 Å². The van der Waals surface area contributed by atoms with E-state index in [1.54, 1.807) is 36.4 Å². The van der Waals surface area contributed by atoms with E-state index < -0.39 is 10.0 Å². The van der Waals surface area contributed by atoms with E-state index in [1.165, 1.54) is 18.2 Å². The van der Waals surface area contributed by atoms with E-state index in [4.69, 9.17) is 4.74 Å². The maximum absolute atomic E-state index is 12.6. The van der Waals surface area contributed by atoms with Crippen molar-refractivity contribution in [3.8, 4) is 0 Å². The highest BCUT2D eigenvalue weighted by Gasteiger charge is 2.14. The van der Waals surface area contributed by atoms with Crippen LogP contribution < -0.4 is 10.0 Å². The molecule has 0 aliphatic carbocycles. The Morgan fingerprint density at radius 2 is 1.61 bits per heavy atom. The molecule has 0 unspecified atom stereocenters. The molecule has 0 fully saturated rings. The van der Waals surface area contributed by atoms with E-state index in [0.29, 0.717) is 24.4 Å². The molecule has 0 saturated heterocycles. The second-order valence-electron chi connectivity index (χ2n) is 7.36. The molecule has 0 aliphatic rings. The normalized spacial score (nSPS) is 11.3. The summed E-state index contributed by atoms with van der Waals surface area (Å²) in [5.41, 5.74) is 2.69. The zero-order valence-corrected chi connectivity index (χ0v) is 18.4. The van der Waals surface area contributed by atoms with Crippen LogP contribution in [0.2, 0.25) is 0 Å². The summed E-state index contributed by atoms with van der Waals surface area (Å²) in [5, 5.41) is 2.87.